The van der Waals surface area contributed by atoms with Crippen LogP contribution in [-0.4, -0.2) is 11.0 Å². The zero-order valence-corrected chi connectivity index (χ0v) is 21.2. The highest BCUT2D eigenvalue weighted by molar-refractivity contribution is 5.70. The number of ether oxygens (including phenoxy) is 1. The van der Waals surface area contributed by atoms with Gasteiger partial charge in [-0.05, 0) is 40.8 Å². The largest absolute Gasteiger partial charge is 0.445 e. The number of alkyl carbamates (subject to hydrolysis) is 1. The standard InChI is InChI=1S/C32H27N3O4/c36-32(39-22-24-12-5-2-6-13-24)34-30-21-29(26-17-8-18-27(20-26)35(37)38)33-31-25(16-9-19-28(30)31)15-7-14-23-10-3-1-4-11-23/h1-6,8-13,16-20,29-30,33H,15,21-22H2,(H,34,36)/t29-,30-/m0/s1. The zero-order chi connectivity index (χ0) is 27.0. The van der Waals surface area contributed by atoms with Crippen molar-refractivity contribution in [2.75, 3.05) is 5.32 Å². The Kier molecular flexibility index (Phi) is 7.84. The lowest BCUT2D eigenvalue weighted by Gasteiger charge is -2.35. The summed E-state index contributed by atoms with van der Waals surface area (Å²) in [4.78, 5) is 23.8. The Morgan fingerprint density at radius 3 is 2.49 bits per heavy atom. The second-order valence-electron chi connectivity index (χ2n) is 9.27. The third-order valence-corrected chi connectivity index (χ3v) is 6.62. The summed E-state index contributed by atoms with van der Waals surface area (Å²) in [7, 11) is 0. The van der Waals surface area contributed by atoms with E-state index in [0.29, 0.717) is 12.8 Å². The molecule has 1 aliphatic heterocycles. The molecule has 5 rings (SSSR count). The second-order valence-corrected chi connectivity index (χ2v) is 9.27. The number of fused-ring (bicyclic) bond motifs is 1. The second kappa shape index (κ2) is 12.0. The Morgan fingerprint density at radius 1 is 0.974 bits per heavy atom. The number of nitro groups is 1. The number of benzene rings is 4. The summed E-state index contributed by atoms with van der Waals surface area (Å²) < 4.78 is 5.50. The van der Waals surface area contributed by atoms with Gasteiger partial charge in [0.2, 0.25) is 0 Å². The van der Waals surface area contributed by atoms with Gasteiger partial charge in [-0.15, -0.1) is 0 Å². The fourth-order valence-electron chi connectivity index (χ4n) is 4.71. The molecule has 0 bridgehead atoms. The van der Waals surface area contributed by atoms with E-state index in [1.807, 2.05) is 84.9 Å². The van der Waals surface area contributed by atoms with E-state index in [4.69, 9.17) is 4.74 Å². The summed E-state index contributed by atoms with van der Waals surface area (Å²) in [5.74, 6) is 6.45. The summed E-state index contributed by atoms with van der Waals surface area (Å²) in [6.45, 7) is 0.161. The van der Waals surface area contributed by atoms with Crippen LogP contribution in [0.2, 0.25) is 0 Å². The van der Waals surface area contributed by atoms with E-state index in [1.54, 1.807) is 12.1 Å². The van der Waals surface area contributed by atoms with Crippen molar-refractivity contribution in [1.82, 2.24) is 5.32 Å². The molecular weight excluding hydrogens is 490 g/mol. The van der Waals surface area contributed by atoms with Gasteiger partial charge in [0.15, 0.2) is 0 Å². The maximum absolute atomic E-state index is 12.8. The molecular formula is C32H27N3O4. The predicted octanol–water partition coefficient (Wildman–Crippen LogP) is 6.71. The van der Waals surface area contributed by atoms with Gasteiger partial charge in [0.1, 0.15) is 6.61 Å². The molecule has 2 atom stereocenters. The highest BCUT2D eigenvalue weighted by atomic mass is 16.6. The van der Waals surface area contributed by atoms with Crippen LogP contribution >= 0.6 is 0 Å². The van der Waals surface area contributed by atoms with Gasteiger partial charge in [-0.25, -0.2) is 4.79 Å². The number of nitro benzene ring substituents is 1. The molecule has 7 nitrogen and oxygen atoms in total. The number of anilines is 1. The van der Waals surface area contributed by atoms with Crippen molar-refractivity contribution in [2.24, 2.45) is 0 Å². The van der Waals surface area contributed by atoms with E-state index in [1.165, 1.54) is 6.07 Å². The van der Waals surface area contributed by atoms with E-state index in [9.17, 15) is 14.9 Å². The maximum atomic E-state index is 12.8. The average Bonchev–Trinajstić information content (AvgIpc) is 2.97. The molecule has 194 valence electrons. The molecule has 1 aliphatic rings. The minimum Gasteiger partial charge on any atom is -0.445 e. The minimum atomic E-state index is -0.524. The molecule has 0 spiro atoms. The molecule has 0 aromatic heterocycles. The van der Waals surface area contributed by atoms with Crippen LogP contribution in [0, 0.1) is 22.0 Å². The fourth-order valence-corrected chi connectivity index (χ4v) is 4.71. The summed E-state index contributed by atoms with van der Waals surface area (Å²) in [6, 6.07) is 31.2. The van der Waals surface area contributed by atoms with E-state index >= 15 is 0 Å². The Labute approximate surface area is 227 Å². The van der Waals surface area contributed by atoms with Crippen molar-refractivity contribution < 1.29 is 14.5 Å². The first-order valence-electron chi connectivity index (χ1n) is 12.7. The van der Waals surface area contributed by atoms with Gasteiger partial charge in [-0.2, -0.15) is 0 Å². The van der Waals surface area contributed by atoms with Crippen LogP contribution in [0.5, 0.6) is 0 Å². The van der Waals surface area contributed by atoms with Crippen molar-refractivity contribution in [3.63, 3.8) is 0 Å². The van der Waals surface area contributed by atoms with Crippen LogP contribution < -0.4 is 10.6 Å². The maximum Gasteiger partial charge on any atom is 0.407 e. The monoisotopic (exact) mass is 517 g/mol. The lowest BCUT2D eigenvalue weighted by Crippen LogP contribution is -2.35. The first-order chi connectivity index (χ1) is 19.1. The van der Waals surface area contributed by atoms with Crippen molar-refractivity contribution in [1.29, 1.82) is 0 Å². The van der Waals surface area contributed by atoms with Gasteiger partial charge in [0.25, 0.3) is 5.69 Å². The highest BCUT2D eigenvalue weighted by Gasteiger charge is 2.31. The average molecular weight is 518 g/mol. The third-order valence-electron chi connectivity index (χ3n) is 6.62. The third kappa shape index (κ3) is 6.43. The molecule has 4 aromatic carbocycles. The molecule has 0 unspecified atom stereocenters. The number of nitrogens with one attached hydrogen (secondary N) is 2. The minimum absolute atomic E-state index is 0.0221. The van der Waals surface area contributed by atoms with Crippen LogP contribution in [0.25, 0.3) is 0 Å². The van der Waals surface area contributed by atoms with Crippen LogP contribution in [0.1, 0.15) is 46.3 Å². The van der Waals surface area contributed by atoms with Gasteiger partial charge < -0.3 is 15.4 Å². The van der Waals surface area contributed by atoms with Crippen molar-refractivity contribution in [3.05, 3.63) is 141 Å². The number of para-hydroxylation sites is 1. The van der Waals surface area contributed by atoms with Crippen molar-refractivity contribution in [2.45, 2.75) is 31.5 Å². The van der Waals surface area contributed by atoms with Crippen LogP contribution in [0.3, 0.4) is 0 Å². The first kappa shape index (κ1) is 25.6. The van der Waals surface area contributed by atoms with E-state index in [-0.39, 0.29) is 24.4 Å². The van der Waals surface area contributed by atoms with Crippen LogP contribution in [0.15, 0.2) is 103 Å². The molecule has 2 N–H and O–H groups in total. The number of nitrogens with zero attached hydrogens (tertiary/aromatic N) is 1. The number of carbonyl (C=O) groups is 1. The van der Waals surface area contributed by atoms with Gasteiger partial charge in [0, 0.05) is 29.8 Å². The quantitative estimate of drug-likeness (QED) is 0.168. The van der Waals surface area contributed by atoms with Gasteiger partial charge in [0.05, 0.1) is 17.0 Å². The zero-order valence-electron chi connectivity index (χ0n) is 21.2. The number of rotatable bonds is 6. The predicted molar refractivity (Wildman–Crippen MR) is 150 cm³/mol. The van der Waals surface area contributed by atoms with E-state index < -0.39 is 11.0 Å². The number of hydrogen-bond acceptors (Lipinski definition) is 5. The molecule has 7 heteroatoms. The lowest BCUT2D eigenvalue weighted by atomic mass is 9.87. The smallest absolute Gasteiger partial charge is 0.407 e. The molecule has 0 aliphatic carbocycles. The summed E-state index contributed by atoms with van der Waals surface area (Å²) >= 11 is 0. The van der Waals surface area contributed by atoms with Gasteiger partial charge in [-0.1, -0.05) is 90.7 Å². The molecule has 0 saturated carbocycles. The van der Waals surface area contributed by atoms with Crippen LogP contribution in [-0.2, 0) is 17.8 Å². The number of hydrogen-bond donors (Lipinski definition) is 2. The highest BCUT2D eigenvalue weighted by Crippen LogP contribution is 2.41. The molecule has 1 amide bonds. The molecule has 4 aromatic rings. The van der Waals surface area contributed by atoms with E-state index in [0.717, 1.165) is 33.5 Å². The first-order valence-corrected chi connectivity index (χ1v) is 12.7. The molecule has 39 heavy (non-hydrogen) atoms. The van der Waals surface area contributed by atoms with Crippen molar-refractivity contribution in [3.8, 4) is 11.8 Å². The summed E-state index contributed by atoms with van der Waals surface area (Å²) in [5.41, 5.74) is 5.40. The lowest BCUT2D eigenvalue weighted by molar-refractivity contribution is -0.384. The summed E-state index contributed by atoms with van der Waals surface area (Å²) in [5, 5.41) is 18.0. The van der Waals surface area contributed by atoms with Gasteiger partial charge >= 0.3 is 6.09 Å². The number of amides is 1. The SMILES string of the molecule is O=C(N[C@H]1C[C@@H](c2cccc([N+](=O)[O-])c2)Nc2c(CC#Cc3ccccc3)cccc21)OCc1ccccc1. The Balaban J connectivity index is 1.42. The Morgan fingerprint density at radius 2 is 1.72 bits per heavy atom. The molecule has 0 saturated heterocycles. The Bertz CT molecular complexity index is 1530. The molecule has 1 heterocycles. The molecule has 0 fully saturated rings. The number of carbonyl (C=O) groups excluding carboxylic acids is 1. The van der Waals surface area contributed by atoms with Gasteiger partial charge in [-0.3, -0.25) is 10.1 Å². The Hall–Kier alpha value is -5.09. The van der Waals surface area contributed by atoms with E-state index in [2.05, 4.69) is 22.5 Å². The van der Waals surface area contributed by atoms with Crippen molar-refractivity contribution >= 4 is 17.5 Å². The fraction of sp³-hybridized carbons (Fsp3) is 0.156. The van der Waals surface area contributed by atoms with Crippen LogP contribution in [0.4, 0.5) is 16.2 Å². The number of non-ortho nitro benzene ring substituents is 1. The molecule has 0 radical (unpaired) electrons. The normalized spacial score (nSPS) is 15.6. The summed E-state index contributed by atoms with van der Waals surface area (Å²) in [6.07, 6.45) is 0.467. The topological polar surface area (TPSA) is 93.5 Å².